The third-order valence-electron chi connectivity index (χ3n) is 3.66. The van der Waals surface area contributed by atoms with Crippen molar-refractivity contribution in [3.8, 4) is 0 Å². The van der Waals surface area contributed by atoms with Crippen LogP contribution >= 0.6 is 0 Å². The van der Waals surface area contributed by atoms with E-state index in [2.05, 4.69) is 0 Å². The molecule has 5 heteroatoms. The molecule has 1 saturated heterocycles. The van der Waals surface area contributed by atoms with E-state index in [1.54, 1.807) is 4.90 Å². The Balaban J connectivity index is 2.74. The SMILES string of the molecule is CCC(C)C(N)C(=O)N1CCCCC1C(N)=O. The number of carbonyl (C=O) groups excluding carboxylic acids is 2. The van der Waals surface area contributed by atoms with Crippen LogP contribution in [0.4, 0.5) is 0 Å². The summed E-state index contributed by atoms with van der Waals surface area (Å²) in [5, 5.41) is 0. The van der Waals surface area contributed by atoms with Gasteiger partial charge in [0.05, 0.1) is 6.04 Å². The molecule has 0 aromatic rings. The summed E-state index contributed by atoms with van der Waals surface area (Å²) in [5.74, 6) is -0.435. The zero-order valence-electron chi connectivity index (χ0n) is 10.7. The summed E-state index contributed by atoms with van der Waals surface area (Å²) in [6.07, 6.45) is 3.37. The molecular weight excluding hydrogens is 218 g/mol. The molecule has 1 heterocycles. The Morgan fingerprint density at radius 2 is 2.06 bits per heavy atom. The third kappa shape index (κ3) is 3.19. The average molecular weight is 241 g/mol. The molecule has 98 valence electrons. The molecule has 0 aromatic heterocycles. The van der Waals surface area contributed by atoms with Crippen LogP contribution in [0, 0.1) is 5.92 Å². The Labute approximate surface area is 103 Å². The fourth-order valence-corrected chi connectivity index (χ4v) is 2.18. The summed E-state index contributed by atoms with van der Waals surface area (Å²) >= 11 is 0. The smallest absolute Gasteiger partial charge is 0.240 e. The quantitative estimate of drug-likeness (QED) is 0.738. The number of nitrogens with two attached hydrogens (primary N) is 2. The molecule has 5 nitrogen and oxygen atoms in total. The Morgan fingerprint density at radius 1 is 1.41 bits per heavy atom. The fourth-order valence-electron chi connectivity index (χ4n) is 2.18. The zero-order valence-corrected chi connectivity index (χ0v) is 10.7. The van der Waals surface area contributed by atoms with Gasteiger partial charge in [-0.05, 0) is 25.2 Å². The van der Waals surface area contributed by atoms with Gasteiger partial charge in [0, 0.05) is 6.54 Å². The van der Waals surface area contributed by atoms with E-state index in [0.29, 0.717) is 13.0 Å². The van der Waals surface area contributed by atoms with Gasteiger partial charge in [0.2, 0.25) is 11.8 Å². The van der Waals surface area contributed by atoms with Crippen LogP contribution < -0.4 is 11.5 Å². The Kier molecular flexibility index (Phi) is 4.93. The van der Waals surface area contributed by atoms with Crippen LogP contribution in [0.1, 0.15) is 39.5 Å². The molecule has 0 spiro atoms. The lowest BCUT2D eigenvalue weighted by atomic mass is 9.95. The van der Waals surface area contributed by atoms with E-state index in [9.17, 15) is 9.59 Å². The van der Waals surface area contributed by atoms with Crippen LogP contribution in [0.15, 0.2) is 0 Å². The number of primary amides is 1. The van der Waals surface area contributed by atoms with Crippen LogP contribution in [0.25, 0.3) is 0 Å². The van der Waals surface area contributed by atoms with Crippen molar-refractivity contribution in [3.63, 3.8) is 0 Å². The summed E-state index contributed by atoms with van der Waals surface area (Å²) in [7, 11) is 0. The molecule has 1 fully saturated rings. The number of nitrogens with zero attached hydrogens (tertiary/aromatic N) is 1. The number of piperidine rings is 1. The molecule has 1 aliphatic heterocycles. The monoisotopic (exact) mass is 241 g/mol. The lowest BCUT2D eigenvalue weighted by molar-refractivity contribution is -0.143. The molecule has 0 saturated carbocycles. The summed E-state index contributed by atoms with van der Waals surface area (Å²) in [5.41, 5.74) is 11.3. The number of likely N-dealkylation sites (tertiary alicyclic amines) is 1. The first kappa shape index (κ1) is 14.0. The fraction of sp³-hybridized carbons (Fsp3) is 0.833. The minimum atomic E-state index is -0.528. The van der Waals surface area contributed by atoms with Crippen LogP contribution in [-0.2, 0) is 9.59 Å². The van der Waals surface area contributed by atoms with E-state index >= 15 is 0 Å². The van der Waals surface area contributed by atoms with Gasteiger partial charge in [0.25, 0.3) is 0 Å². The van der Waals surface area contributed by atoms with Gasteiger partial charge >= 0.3 is 0 Å². The van der Waals surface area contributed by atoms with Gasteiger partial charge in [-0.25, -0.2) is 0 Å². The van der Waals surface area contributed by atoms with Crippen LogP contribution in [-0.4, -0.2) is 35.3 Å². The third-order valence-corrected chi connectivity index (χ3v) is 3.66. The van der Waals surface area contributed by atoms with Crippen LogP contribution in [0.5, 0.6) is 0 Å². The van der Waals surface area contributed by atoms with E-state index in [1.165, 1.54) is 0 Å². The first-order valence-corrected chi connectivity index (χ1v) is 6.34. The predicted molar refractivity (Wildman–Crippen MR) is 66.0 cm³/mol. The van der Waals surface area contributed by atoms with E-state index in [-0.39, 0.29) is 11.8 Å². The van der Waals surface area contributed by atoms with Crippen molar-refractivity contribution in [2.75, 3.05) is 6.54 Å². The normalized spacial score (nSPS) is 24.2. The summed E-state index contributed by atoms with van der Waals surface area (Å²) in [4.78, 5) is 25.1. The molecule has 2 amide bonds. The molecule has 3 unspecified atom stereocenters. The Hall–Kier alpha value is -1.10. The largest absolute Gasteiger partial charge is 0.368 e. The molecule has 3 atom stereocenters. The van der Waals surface area contributed by atoms with E-state index in [1.807, 2.05) is 13.8 Å². The van der Waals surface area contributed by atoms with Crippen molar-refractivity contribution in [1.29, 1.82) is 0 Å². The molecule has 17 heavy (non-hydrogen) atoms. The second-order valence-electron chi connectivity index (χ2n) is 4.86. The average Bonchev–Trinajstić information content (AvgIpc) is 2.35. The van der Waals surface area contributed by atoms with Crippen LogP contribution in [0.2, 0.25) is 0 Å². The van der Waals surface area contributed by atoms with E-state index < -0.39 is 18.0 Å². The minimum Gasteiger partial charge on any atom is -0.368 e. The molecular formula is C12H23N3O2. The molecule has 0 radical (unpaired) electrons. The van der Waals surface area contributed by atoms with E-state index in [4.69, 9.17) is 11.5 Å². The number of amides is 2. The van der Waals surface area contributed by atoms with Gasteiger partial charge in [-0.2, -0.15) is 0 Å². The van der Waals surface area contributed by atoms with Gasteiger partial charge in [-0.1, -0.05) is 20.3 Å². The maximum atomic E-state index is 12.2. The Morgan fingerprint density at radius 3 is 2.59 bits per heavy atom. The lowest BCUT2D eigenvalue weighted by Gasteiger charge is -2.36. The van der Waals surface area contributed by atoms with E-state index in [0.717, 1.165) is 19.3 Å². The standard InChI is InChI=1S/C12H23N3O2/c1-3-8(2)10(13)12(17)15-7-5-4-6-9(15)11(14)16/h8-10H,3-7,13H2,1-2H3,(H2,14,16). The number of hydrogen-bond donors (Lipinski definition) is 2. The van der Waals surface area contributed by atoms with Crippen molar-refractivity contribution >= 4 is 11.8 Å². The summed E-state index contributed by atoms with van der Waals surface area (Å²) < 4.78 is 0. The van der Waals surface area contributed by atoms with Crippen molar-refractivity contribution in [3.05, 3.63) is 0 Å². The van der Waals surface area contributed by atoms with Gasteiger partial charge in [0.15, 0.2) is 0 Å². The predicted octanol–water partition coefficient (Wildman–Crippen LogP) is 0.226. The molecule has 1 rings (SSSR count). The lowest BCUT2D eigenvalue weighted by Crippen LogP contribution is -2.56. The van der Waals surface area contributed by atoms with Crippen molar-refractivity contribution < 1.29 is 9.59 Å². The van der Waals surface area contributed by atoms with Gasteiger partial charge in [-0.15, -0.1) is 0 Å². The summed E-state index contributed by atoms with van der Waals surface area (Å²) in [6, 6.07) is -0.994. The number of hydrogen-bond acceptors (Lipinski definition) is 3. The van der Waals surface area contributed by atoms with Crippen molar-refractivity contribution in [2.45, 2.75) is 51.6 Å². The van der Waals surface area contributed by atoms with Crippen molar-refractivity contribution in [1.82, 2.24) is 4.90 Å². The maximum Gasteiger partial charge on any atom is 0.240 e. The minimum absolute atomic E-state index is 0.123. The highest BCUT2D eigenvalue weighted by molar-refractivity contribution is 5.89. The molecule has 1 aliphatic rings. The molecule has 0 aromatic carbocycles. The highest BCUT2D eigenvalue weighted by Gasteiger charge is 2.34. The van der Waals surface area contributed by atoms with Gasteiger partial charge in [0.1, 0.15) is 6.04 Å². The molecule has 0 bridgehead atoms. The Bertz CT molecular complexity index is 293. The zero-order chi connectivity index (χ0) is 13.0. The number of carbonyl (C=O) groups is 2. The molecule has 4 N–H and O–H groups in total. The van der Waals surface area contributed by atoms with Gasteiger partial charge in [-0.3, -0.25) is 9.59 Å². The van der Waals surface area contributed by atoms with Gasteiger partial charge < -0.3 is 16.4 Å². The second-order valence-corrected chi connectivity index (χ2v) is 4.86. The number of rotatable bonds is 4. The molecule has 0 aliphatic carbocycles. The highest BCUT2D eigenvalue weighted by Crippen LogP contribution is 2.19. The first-order chi connectivity index (χ1) is 7.99. The van der Waals surface area contributed by atoms with Crippen molar-refractivity contribution in [2.24, 2.45) is 17.4 Å². The first-order valence-electron chi connectivity index (χ1n) is 6.34. The topological polar surface area (TPSA) is 89.4 Å². The highest BCUT2D eigenvalue weighted by atomic mass is 16.2. The summed E-state index contributed by atoms with van der Waals surface area (Å²) in [6.45, 7) is 4.54. The van der Waals surface area contributed by atoms with Crippen LogP contribution in [0.3, 0.4) is 0 Å². The second kappa shape index (κ2) is 6.00. The maximum absolute atomic E-state index is 12.2.